The first-order chi connectivity index (χ1) is 8.20. The van der Waals surface area contributed by atoms with Gasteiger partial charge in [-0.05, 0) is 24.7 Å². The maximum atomic E-state index is 11.6. The molecule has 1 unspecified atom stereocenters. The molecule has 0 bridgehead atoms. The molecular weight excluding hydrogens is 230 g/mol. The van der Waals surface area contributed by atoms with Crippen LogP contribution >= 0.6 is 0 Å². The first-order valence-electron chi connectivity index (χ1n) is 6.51. The van der Waals surface area contributed by atoms with Crippen LogP contribution in [-0.4, -0.2) is 24.4 Å². The van der Waals surface area contributed by atoms with Gasteiger partial charge in [0.1, 0.15) is 0 Å². The highest BCUT2D eigenvalue weighted by Crippen LogP contribution is 2.20. The predicted octanol–water partition coefficient (Wildman–Crippen LogP) is 0.912. The number of primary amides is 1. The van der Waals surface area contributed by atoms with Crippen molar-refractivity contribution in [3.05, 3.63) is 0 Å². The van der Waals surface area contributed by atoms with Crippen LogP contribution in [0.5, 0.6) is 0 Å². The zero-order valence-electron chi connectivity index (χ0n) is 11.8. The van der Waals surface area contributed by atoms with Crippen LogP contribution in [0.2, 0.25) is 0 Å². The Hall–Kier alpha value is -1.10. The highest BCUT2D eigenvalue weighted by Gasteiger charge is 2.17. The number of hydrogen-bond donors (Lipinski definition) is 3. The molecule has 106 valence electrons. The van der Waals surface area contributed by atoms with E-state index in [0.29, 0.717) is 25.8 Å². The van der Waals surface area contributed by atoms with Gasteiger partial charge in [-0.2, -0.15) is 0 Å². The molecule has 18 heavy (non-hydrogen) atoms. The van der Waals surface area contributed by atoms with E-state index >= 15 is 0 Å². The van der Waals surface area contributed by atoms with Crippen LogP contribution in [0.3, 0.4) is 0 Å². The molecule has 0 radical (unpaired) electrons. The van der Waals surface area contributed by atoms with Gasteiger partial charge in [-0.15, -0.1) is 0 Å². The molecule has 5 nitrogen and oxygen atoms in total. The van der Waals surface area contributed by atoms with Crippen molar-refractivity contribution in [1.82, 2.24) is 5.32 Å². The summed E-state index contributed by atoms with van der Waals surface area (Å²) in [6.07, 6.45) is 3.03. The second kappa shape index (κ2) is 8.08. The minimum Gasteiger partial charge on any atom is -0.370 e. The first kappa shape index (κ1) is 16.9. The molecule has 2 amide bonds. The maximum Gasteiger partial charge on any atom is 0.221 e. The fourth-order valence-electron chi connectivity index (χ4n) is 1.82. The van der Waals surface area contributed by atoms with Crippen LogP contribution in [0.25, 0.3) is 0 Å². The van der Waals surface area contributed by atoms with Gasteiger partial charge in [0, 0.05) is 25.4 Å². The molecule has 0 saturated heterocycles. The van der Waals surface area contributed by atoms with Gasteiger partial charge < -0.3 is 16.8 Å². The Kier molecular flexibility index (Phi) is 7.59. The lowest BCUT2D eigenvalue weighted by Gasteiger charge is -2.22. The van der Waals surface area contributed by atoms with Crippen LogP contribution in [0.15, 0.2) is 0 Å². The summed E-state index contributed by atoms with van der Waals surface area (Å²) in [6, 6.07) is -0.101. The standard InChI is InChI=1S/C13H27N3O2/c1-13(2,3)9-10(14)8-12(18)16-7-5-4-6-11(15)17/h10H,4-9,14H2,1-3H3,(H2,15,17)(H,16,18). The molecule has 0 aromatic heterocycles. The van der Waals surface area contributed by atoms with Crippen molar-refractivity contribution in [1.29, 1.82) is 0 Å². The molecule has 1 atom stereocenters. The zero-order valence-corrected chi connectivity index (χ0v) is 11.8. The normalized spacial score (nSPS) is 13.1. The van der Waals surface area contributed by atoms with Crippen LogP contribution in [0, 0.1) is 5.41 Å². The summed E-state index contributed by atoms with van der Waals surface area (Å²) in [5.41, 5.74) is 11.1. The van der Waals surface area contributed by atoms with Crippen LogP contribution in [-0.2, 0) is 9.59 Å². The smallest absolute Gasteiger partial charge is 0.221 e. The average molecular weight is 257 g/mol. The number of carbonyl (C=O) groups is 2. The van der Waals surface area contributed by atoms with E-state index in [2.05, 4.69) is 26.1 Å². The van der Waals surface area contributed by atoms with Gasteiger partial charge in [-0.25, -0.2) is 0 Å². The second-order valence-electron chi connectivity index (χ2n) is 6.00. The van der Waals surface area contributed by atoms with Gasteiger partial charge in [0.05, 0.1) is 0 Å². The number of rotatable bonds is 8. The first-order valence-corrected chi connectivity index (χ1v) is 6.51. The topological polar surface area (TPSA) is 98.2 Å². The van der Waals surface area contributed by atoms with E-state index in [4.69, 9.17) is 11.5 Å². The molecule has 5 N–H and O–H groups in total. The quantitative estimate of drug-likeness (QED) is 0.564. The largest absolute Gasteiger partial charge is 0.370 e. The summed E-state index contributed by atoms with van der Waals surface area (Å²) < 4.78 is 0. The number of nitrogens with one attached hydrogen (secondary N) is 1. The SMILES string of the molecule is CC(C)(C)CC(N)CC(=O)NCCCCC(N)=O. The molecular formula is C13H27N3O2. The molecule has 5 heteroatoms. The lowest BCUT2D eigenvalue weighted by atomic mass is 9.87. The Morgan fingerprint density at radius 1 is 1.22 bits per heavy atom. The third-order valence-corrected chi connectivity index (χ3v) is 2.49. The maximum absolute atomic E-state index is 11.6. The molecule has 0 spiro atoms. The molecule has 0 rings (SSSR count). The molecule has 0 aliphatic heterocycles. The second-order valence-corrected chi connectivity index (χ2v) is 6.00. The number of hydrogen-bond acceptors (Lipinski definition) is 3. The predicted molar refractivity (Wildman–Crippen MR) is 72.7 cm³/mol. The Labute approximate surface area is 110 Å². The summed E-state index contributed by atoms with van der Waals surface area (Å²) in [7, 11) is 0. The average Bonchev–Trinajstić information content (AvgIpc) is 2.12. The van der Waals surface area contributed by atoms with Gasteiger partial charge in [-0.3, -0.25) is 9.59 Å². The molecule has 0 saturated carbocycles. The van der Waals surface area contributed by atoms with E-state index in [1.54, 1.807) is 0 Å². The number of unbranched alkanes of at least 4 members (excludes halogenated alkanes) is 1. The number of amides is 2. The van der Waals surface area contributed by atoms with Gasteiger partial charge >= 0.3 is 0 Å². The number of nitrogens with two attached hydrogens (primary N) is 2. The van der Waals surface area contributed by atoms with Crippen molar-refractivity contribution >= 4 is 11.8 Å². The Bertz CT molecular complexity index is 272. The lowest BCUT2D eigenvalue weighted by Crippen LogP contribution is -2.34. The van der Waals surface area contributed by atoms with Crippen molar-refractivity contribution in [2.24, 2.45) is 16.9 Å². The van der Waals surface area contributed by atoms with Gasteiger partial charge in [-0.1, -0.05) is 20.8 Å². The van der Waals surface area contributed by atoms with E-state index in [1.165, 1.54) is 0 Å². The summed E-state index contributed by atoms with van der Waals surface area (Å²) in [4.78, 5) is 22.0. The third-order valence-electron chi connectivity index (χ3n) is 2.49. The number of carbonyl (C=O) groups excluding carboxylic acids is 2. The Morgan fingerprint density at radius 3 is 2.33 bits per heavy atom. The lowest BCUT2D eigenvalue weighted by molar-refractivity contribution is -0.121. The van der Waals surface area contributed by atoms with Crippen molar-refractivity contribution < 1.29 is 9.59 Å². The molecule has 0 aliphatic carbocycles. The van der Waals surface area contributed by atoms with E-state index in [1.807, 2.05) is 0 Å². The molecule has 0 aliphatic rings. The van der Waals surface area contributed by atoms with Crippen LogP contribution in [0.1, 0.15) is 52.9 Å². The van der Waals surface area contributed by atoms with E-state index < -0.39 is 0 Å². The summed E-state index contributed by atoms with van der Waals surface area (Å²) in [5.74, 6) is -0.320. The Morgan fingerprint density at radius 2 is 1.83 bits per heavy atom. The van der Waals surface area contributed by atoms with E-state index in [9.17, 15) is 9.59 Å². The molecule has 0 fully saturated rings. The minimum atomic E-state index is -0.298. The van der Waals surface area contributed by atoms with Gasteiger partial charge in [0.15, 0.2) is 0 Å². The molecule has 0 heterocycles. The van der Waals surface area contributed by atoms with Crippen LogP contribution < -0.4 is 16.8 Å². The van der Waals surface area contributed by atoms with Crippen molar-refractivity contribution in [2.45, 2.75) is 58.9 Å². The minimum absolute atomic E-state index is 0.0224. The Balaban J connectivity index is 3.62. The summed E-state index contributed by atoms with van der Waals surface area (Å²) in [6.45, 7) is 6.89. The highest BCUT2D eigenvalue weighted by molar-refractivity contribution is 5.76. The fraction of sp³-hybridized carbons (Fsp3) is 0.846. The van der Waals surface area contributed by atoms with Gasteiger partial charge in [0.25, 0.3) is 0 Å². The third kappa shape index (κ3) is 11.4. The molecule has 0 aromatic carbocycles. The van der Waals surface area contributed by atoms with Gasteiger partial charge in [0.2, 0.25) is 11.8 Å². The van der Waals surface area contributed by atoms with Crippen molar-refractivity contribution in [3.8, 4) is 0 Å². The van der Waals surface area contributed by atoms with Crippen molar-refractivity contribution in [3.63, 3.8) is 0 Å². The zero-order chi connectivity index (χ0) is 14.2. The fourth-order valence-corrected chi connectivity index (χ4v) is 1.82. The monoisotopic (exact) mass is 257 g/mol. The van der Waals surface area contributed by atoms with Crippen LogP contribution in [0.4, 0.5) is 0 Å². The van der Waals surface area contributed by atoms with E-state index in [-0.39, 0.29) is 23.3 Å². The van der Waals surface area contributed by atoms with E-state index in [0.717, 1.165) is 12.8 Å². The summed E-state index contributed by atoms with van der Waals surface area (Å²) in [5, 5.41) is 2.80. The summed E-state index contributed by atoms with van der Waals surface area (Å²) >= 11 is 0. The highest BCUT2D eigenvalue weighted by atomic mass is 16.1. The van der Waals surface area contributed by atoms with Crippen molar-refractivity contribution in [2.75, 3.05) is 6.54 Å². The molecule has 0 aromatic rings.